The lowest BCUT2D eigenvalue weighted by Crippen LogP contribution is -2.39. The van der Waals surface area contributed by atoms with Gasteiger partial charge in [-0.15, -0.1) is 0 Å². The lowest BCUT2D eigenvalue weighted by molar-refractivity contribution is -0.136. The Hall–Kier alpha value is -1.79. The molecule has 144 valence electrons. The van der Waals surface area contributed by atoms with Crippen LogP contribution in [0.1, 0.15) is 39.5 Å². The Morgan fingerprint density at radius 2 is 1.77 bits per heavy atom. The van der Waals surface area contributed by atoms with Crippen molar-refractivity contribution in [2.24, 2.45) is 0 Å². The van der Waals surface area contributed by atoms with Crippen LogP contribution in [0.4, 0.5) is 5.69 Å². The first-order chi connectivity index (χ1) is 12.4. The van der Waals surface area contributed by atoms with E-state index in [1.165, 1.54) is 11.0 Å². The number of anilines is 1. The van der Waals surface area contributed by atoms with Gasteiger partial charge in [0.25, 0.3) is 0 Å². The van der Waals surface area contributed by atoms with Gasteiger partial charge >= 0.3 is 0 Å². The first kappa shape index (κ1) is 22.3. The molecule has 0 spiro atoms. The summed E-state index contributed by atoms with van der Waals surface area (Å²) < 4.78 is 0. The molecule has 0 saturated heterocycles. The Morgan fingerprint density at radius 1 is 1.04 bits per heavy atom. The van der Waals surface area contributed by atoms with Crippen LogP contribution in [0.25, 0.3) is 0 Å². The summed E-state index contributed by atoms with van der Waals surface area (Å²) in [4.78, 5) is 37.7. The second kappa shape index (κ2) is 11.8. The van der Waals surface area contributed by atoms with Crippen molar-refractivity contribution in [3.63, 3.8) is 0 Å². The van der Waals surface area contributed by atoms with E-state index in [2.05, 4.69) is 10.6 Å². The van der Waals surface area contributed by atoms with E-state index in [9.17, 15) is 14.4 Å². The lowest BCUT2D eigenvalue weighted by atomic mass is 10.2. The van der Waals surface area contributed by atoms with Gasteiger partial charge in [0.05, 0.1) is 17.3 Å². The predicted molar refractivity (Wildman–Crippen MR) is 104 cm³/mol. The topological polar surface area (TPSA) is 78.5 Å². The van der Waals surface area contributed by atoms with Crippen LogP contribution in [0.2, 0.25) is 10.0 Å². The Kier molecular flexibility index (Phi) is 10.1. The molecule has 0 heterocycles. The van der Waals surface area contributed by atoms with E-state index in [4.69, 9.17) is 23.2 Å². The van der Waals surface area contributed by atoms with Gasteiger partial charge in [-0.25, -0.2) is 0 Å². The number of carbonyl (C=O) groups is 3. The highest BCUT2D eigenvalue weighted by molar-refractivity contribution is 6.36. The van der Waals surface area contributed by atoms with E-state index in [-0.39, 0.29) is 37.1 Å². The van der Waals surface area contributed by atoms with Gasteiger partial charge in [0.15, 0.2) is 0 Å². The number of hydrogen-bond acceptors (Lipinski definition) is 3. The normalized spacial score (nSPS) is 10.3. The first-order valence-electron chi connectivity index (χ1n) is 8.66. The average molecular weight is 402 g/mol. The number of hydrogen-bond donors (Lipinski definition) is 2. The van der Waals surface area contributed by atoms with Crippen molar-refractivity contribution in [2.75, 3.05) is 25.0 Å². The maximum atomic E-state index is 12.3. The van der Waals surface area contributed by atoms with Gasteiger partial charge in [-0.1, -0.05) is 37.0 Å². The number of nitrogens with zero attached hydrogens (tertiary/aromatic N) is 1. The predicted octanol–water partition coefficient (Wildman–Crippen LogP) is 3.48. The van der Waals surface area contributed by atoms with Crippen molar-refractivity contribution < 1.29 is 14.4 Å². The van der Waals surface area contributed by atoms with E-state index >= 15 is 0 Å². The molecule has 3 amide bonds. The highest BCUT2D eigenvalue weighted by atomic mass is 35.5. The van der Waals surface area contributed by atoms with Crippen molar-refractivity contribution in [1.29, 1.82) is 0 Å². The van der Waals surface area contributed by atoms with Crippen molar-refractivity contribution in [2.45, 2.75) is 39.5 Å². The van der Waals surface area contributed by atoms with Gasteiger partial charge in [0.1, 0.15) is 0 Å². The van der Waals surface area contributed by atoms with Crippen LogP contribution in [0.15, 0.2) is 18.2 Å². The largest absolute Gasteiger partial charge is 0.356 e. The quantitative estimate of drug-likeness (QED) is 0.629. The van der Waals surface area contributed by atoms with Crippen LogP contribution in [0.5, 0.6) is 0 Å². The molecule has 26 heavy (non-hydrogen) atoms. The first-order valence-corrected chi connectivity index (χ1v) is 9.42. The molecule has 0 aliphatic rings. The molecule has 2 N–H and O–H groups in total. The standard InChI is InChI=1S/C18H25Cl2N3O3/c1-3-9-21-16(24)7-8-18(26)23(10-4-2)12-17(25)22-15-6-5-13(19)11-14(15)20/h5-6,11H,3-4,7-10,12H2,1-2H3,(H,21,24)(H,22,25). The molecule has 0 atom stereocenters. The fraction of sp³-hybridized carbons (Fsp3) is 0.500. The monoisotopic (exact) mass is 401 g/mol. The molecule has 0 fully saturated rings. The van der Waals surface area contributed by atoms with Crippen molar-refractivity contribution in [1.82, 2.24) is 10.2 Å². The zero-order chi connectivity index (χ0) is 19.5. The highest BCUT2D eigenvalue weighted by Gasteiger charge is 2.18. The van der Waals surface area contributed by atoms with Gasteiger partial charge in [-0.3, -0.25) is 14.4 Å². The van der Waals surface area contributed by atoms with Crippen LogP contribution < -0.4 is 10.6 Å². The summed E-state index contributed by atoms with van der Waals surface area (Å²) >= 11 is 11.9. The molecule has 1 aromatic carbocycles. The van der Waals surface area contributed by atoms with Crippen LogP contribution >= 0.6 is 23.2 Å². The van der Waals surface area contributed by atoms with Gasteiger partial charge in [-0.2, -0.15) is 0 Å². The van der Waals surface area contributed by atoms with Gasteiger partial charge in [-0.05, 0) is 31.0 Å². The van der Waals surface area contributed by atoms with Crippen LogP contribution in [-0.2, 0) is 14.4 Å². The molecule has 0 aliphatic carbocycles. The summed E-state index contributed by atoms with van der Waals surface area (Å²) in [6.45, 7) is 4.82. The SMILES string of the molecule is CCCNC(=O)CCC(=O)N(CCC)CC(=O)Nc1ccc(Cl)cc1Cl. The zero-order valence-corrected chi connectivity index (χ0v) is 16.6. The second-order valence-electron chi connectivity index (χ2n) is 5.84. The summed E-state index contributed by atoms with van der Waals surface area (Å²) in [5.41, 5.74) is 0.434. The van der Waals surface area contributed by atoms with Gasteiger partial charge in [0.2, 0.25) is 17.7 Å². The Balaban J connectivity index is 2.58. The summed E-state index contributed by atoms with van der Waals surface area (Å²) in [5, 5.41) is 6.20. The summed E-state index contributed by atoms with van der Waals surface area (Å²) in [7, 11) is 0. The second-order valence-corrected chi connectivity index (χ2v) is 6.68. The summed E-state index contributed by atoms with van der Waals surface area (Å²) in [6.07, 6.45) is 1.74. The molecule has 6 nitrogen and oxygen atoms in total. The molecule has 8 heteroatoms. The van der Waals surface area contributed by atoms with Crippen molar-refractivity contribution in [3.8, 4) is 0 Å². The Labute approximate surface area is 164 Å². The molecule has 0 saturated carbocycles. The molecule has 1 aromatic rings. The van der Waals surface area contributed by atoms with Crippen LogP contribution in [0.3, 0.4) is 0 Å². The number of benzene rings is 1. The molecule has 0 unspecified atom stereocenters. The third-order valence-corrected chi connectivity index (χ3v) is 4.07. The molecule has 0 radical (unpaired) electrons. The minimum absolute atomic E-state index is 0.0739. The van der Waals surface area contributed by atoms with Crippen LogP contribution in [0, 0.1) is 0 Å². The van der Waals surface area contributed by atoms with Crippen molar-refractivity contribution in [3.05, 3.63) is 28.2 Å². The summed E-state index contributed by atoms with van der Waals surface area (Å²) in [5.74, 6) is -0.739. The highest BCUT2D eigenvalue weighted by Crippen LogP contribution is 2.25. The van der Waals surface area contributed by atoms with E-state index in [1.54, 1.807) is 12.1 Å². The number of carbonyl (C=O) groups excluding carboxylic acids is 3. The van der Waals surface area contributed by atoms with E-state index in [1.807, 2.05) is 13.8 Å². The van der Waals surface area contributed by atoms with Crippen molar-refractivity contribution >= 4 is 46.6 Å². The molecule has 0 aromatic heterocycles. The smallest absolute Gasteiger partial charge is 0.244 e. The molecule has 0 aliphatic heterocycles. The molecule has 1 rings (SSSR count). The third kappa shape index (κ3) is 8.06. The maximum Gasteiger partial charge on any atom is 0.244 e. The fourth-order valence-electron chi connectivity index (χ4n) is 2.25. The van der Waals surface area contributed by atoms with Gasteiger partial charge < -0.3 is 15.5 Å². The summed E-state index contributed by atoms with van der Waals surface area (Å²) in [6, 6.07) is 4.75. The number of nitrogens with one attached hydrogen (secondary N) is 2. The fourth-order valence-corrected chi connectivity index (χ4v) is 2.70. The van der Waals surface area contributed by atoms with Crippen LogP contribution in [-0.4, -0.2) is 42.3 Å². The Bertz CT molecular complexity index is 638. The number of halogens is 2. The molecular weight excluding hydrogens is 377 g/mol. The van der Waals surface area contributed by atoms with Gasteiger partial charge in [0, 0.05) is 31.0 Å². The third-order valence-electron chi connectivity index (χ3n) is 3.52. The molecule has 0 bridgehead atoms. The number of rotatable bonds is 10. The average Bonchev–Trinajstić information content (AvgIpc) is 2.59. The van der Waals surface area contributed by atoms with E-state index in [0.717, 1.165) is 6.42 Å². The Morgan fingerprint density at radius 3 is 2.38 bits per heavy atom. The maximum absolute atomic E-state index is 12.3. The lowest BCUT2D eigenvalue weighted by Gasteiger charge is -2.21. The minimum atomic E-state index is -0.355. The zero-order valence-electron chi connectivity index (χ0n) is 15.1. The van der Waals surface area contributed by atoms with E-state index in [0.29, 0.717) is 35.2 Å². The van der Waals surface area contributed by atoms with E-state index < -0.39 is 0 Å². The molecular formula is C18H25Cl2N3O3. The number of amides is 3. The minimum Gasteiger partial charge on any atom is -0.356 e.